The van der Waals surface area contributed by atoms with E-state index in [9.17, 15) is 9.59 Å². The molecule has 0 aliphatic carbocycles. The van der Waals surface area contributed by atoms with Crippen molar-refractivity contribution in [1.82, 2.24) is 24.8 Å². The third-order valence-electron chi connectivity index (χ3n) is 6.57. The van der Waals surface area contributed by atoms with Gasteiger partial charge in [0, 0.05) is 49.4 Å². The molecule has 0 spiro atoms. The van der Waals surface area contributed by atoms with Crippen LogP contribution in [0.4, 0.5) is 0 Å². The number of nitrogens with zero attached hydrogens (tertiary/aromatic N) is 4. The van der Waals surface area contributed by atoms with Crippen molar-refractivity contribution >= 4 is 17.2 Å². The number of aromatic amines is 1. The highest BCUT2D eigenvalue weighted by Gasteiger charge is 2.34. The second-order valence-corrected chi connectivity index (χ2v) is 9.66. The van der Waals surface area contributed by atoms with Crippen LogP contribution in [0.15, 0.2) is 34.6 Å². The number of nitrogens with one attached hydrogen (secondary N) is 1. The molecular weight excluding hydrogens is 422 g/mol. The molecule has 5 heterocycles. The lowest BCUT2D eigenvalue weighted by atomic mass is 10.1. The number of hydrogen-bond donors (Lipinski definition) is 1. The van der Waals surface area contributed by atoms with Crippen molar-refractivity contribution < 1.29 is 4.79 Å². The van der Waals surface area contributed by atoms with Gasteiger partial charge in [0.15, 0.2) is 0 Å². The maximum absolute atomic E-state index is 13.2. The van der Waals surface area contributed by atoms with E-state index in [0.29, 0.717) is 24.5 Å². The summed E-state index contributed by atoms with van der Waals surface area (Å²) in [5.74, 6) is 0.569. The molecule has 2 aliphatic rings. The first-order valence-corrected chi connectivity index (χ1v) is 12.0. The van der Waals surface area contributed by atoms with Crippen LogP contribution in [0.2, 0.25) is 0 Å². The van der Waals surface area contributed by atoms with Gasteiger partial charge >= 0.3 is 0 Å². The summed E-state index contributed by atoms with van der Waals surface area (Å²) in [6.07, 6.45) is 4.14. The fourth-order valence-corrected chi connectivity index (χ4v) is 5.67. The molecule has 1 saturated heterocycles. The average Bonchev–Trinajstić information content (AvgIpc) is 3.43. The van der Waals surface area contributed by atoms with E-state index in [4.69, 9.17) is 4.98 Å². The highest BCUT2D eigenvalue weighted by atomic mass is 32.1. The van der Waals surface area contributed by atoms with Crippen LogP contribution in [-0.4, -0.2) is 43.7 Å². The number of carbonyl (C=O) groups is 1. The van der Waals surface area contributed by atoms with Gasteiger partial charge < -0.3 is 9.88 Å². The van der Waals surface area contributed by atoms with E-state index in [1.165, 1.54) is 10.4 Å². The van der Waals surface area contributed by atoms with Gasteiger partial charge in [-0.15, -0.1) is 11.3 Å². The van der Waals surface area contributed by atoms with Gasteiger partial charge in [-0.25, -0.2) is 4.98 Å². The quantitative estimate of drug-likeness (QED) is 0.660. The van der Waals surface area contributed by atoms with Crippen LogP contribution in [0.3, 0.4) is 0 Å². The highest BCUT2D eigenvalue weighted by molar-refractivity contribution is 7.10. The number of H-pyrrole nitrogens is 1. The molecule has 2 aliphatic heterocycles. The Labute approximate surface area is 191 Å². The lowest BCUT2D eigenvalue weighted by Gasteiger charge is -2.29. The zero-order chi connectivity index (χ0) is 22.2. The number of carbonyl (C=O) groups excluding carboxylic acids is 1. The van der Waals surface area contributed by atoms with Crippen molar-refractivity contribution in [2.45, 2.75) is 52.2 Å². The fraction of sp³-hybridized carbons (Fsp3) is 0.417. The molecule has 0 saturated carbocycles. The average molecular weight is 450 g/mol. The molecule has 0 aromatic carbocycles. The summed E-state index contributed by atoms with van der Waals surface area (Å²) < 4.78 is 0. The predicted octanol–water partition coefficient (Wildman–Crippen LogP) is 3.38. The topological polar surface area (TPSA) is 82.2 Å². The van der Waals surface area contributed by atoms with E-state index in [0.717, 1.165) is 49.3 Å². The lowest BCUT2D eigenvalue weighted by molar-refractivity contribution is 0.0728. The molecule has 3 aromatic rings. The minimum Gasteiger partial charge on any atom is -0.328 e. The second kappa shape index (κ2) is 8.60. The number of rotatable bonds is 4. The van der Waals surface area contributed by atoms with Gasteiger partial charge in [-0.1, -0.05) is 0 Å². The minimum absolute atomic E-state index is 0.0454. The van der Waals surface area contributed by atoms with Gasteiger partial charge in [0.05, 0.1) is 22.9 Å². The number of aromatic nitrogens is 3. The summed E-state index contributed by atoms with van der Waals surface area (Å²) >= 11 is 1.76. The van der Waals surface area contributed by atoms with E-state index >= 15 is 0 Å². The van der Waals surface area contributed by atoms with Crippen molar-refractivity contribution in [3.8, 4) is 0 Å². The Bertz CT molecular complexity index is 1220. The molecule has 166 valence electrons. The lowest BCUT2D eigenvalue weighted by Crippen LogP contribution is -2.37. The summed E-state index contributed by atoms with van der Waals surface area (Å²) in [6, 6.07) is 5.54. The third-order valence-corrected chi connectivity index (χ3v) is 7.58. The smallest absolute Gasteiger partial charge is 0.256 e. The van der Waals surface area contributed by atoms with Gasteiger partial charge in [0.1, 0.15) is 5.82 Å². The number of thiophene rings is 1. The van der Waals surface area contributed by atoms with E-state index in [2.05, 4.69) is 33.2 Å². The monoisotopic (exact) mass is 449 g/mol. The SMILES string of the molecule is Cc1ccsc1CN1CCc2nc([C@@H]3CCCN3C(=O)c3cccnc3C)[nH]c(=O)c2C1. The zero-order valence-corrected chi connectivity index (χ0v) is 19.2. The van der Waals surface area contributed by atoms with E-state index in [1.807, 2.05) is 17.9 Å². The van der Waals surface area contributed by atoms with Crippen LogP contribution in [0.25, 0.3) is 0 Å². The van der Waals surface area contributed by atoms with Gasteiger partial charge in [-0.2, -0.15) is 0 Å². The van der Waals surface area contributed by atoms with Crippen LogP contribution in [-0.2, 0) is 19.5 Å². The van der Waals surface area contributed by atoms with Gasteiger partial charge in [-0.05, 0) is 55.8 Å². The number of fused-ring (bicyclic) bond motifs is 1. The molecule has 8 heteroatoms. The van der Waals surface area contributed by atoms with Crippen LogP contribution in [0.5, 0.6) is 0 Å². The van der Waals surface area contributed by atoms with Gasteiger partial charge in [-0.3, -0.25) is 19.5 Å². The molecule has 0 radical (unpaired) electrons. The Morgan fingerprint density at radius 2 is 2.16 bits per heavy atom. The Kier molecular flexibility index (Phi) is 5.65. The van der Waals surface area contributed by atoms with Crippen molar-refractivity contribution in [2.24, 2.45) is 0 Å². The minimum atomic E-state index is -0.202. The summed E-state index contributed by atoms with van der Waals surface area (Å²) in [7, 11) is 0. The second-order valence-electron chi connectivity index (χ2n) is 8.66. The highest BCUT2D eigenvalue weighted by Crippen LogP contribution is 2.32. The van der Waals surface area contributed by atoms with Crippen LogP contribution in [0.1, 0.15) is 62.5 Å². The summed E-state index contributed by atoms with van der Waals surface area (Å²) in [6.45, 7) is 6.98. The molecule has 7 nitrogen and oxygen atoms in total. The number of hydrogen-bond acceptors (Lipinski definition) is 6. The first-order chi connectivity index (χ1) is 15.5. The molecule has 3 aromatic heterocycles. The van der Waals surface area contributed by atoms with Crippen LogP contribution >= 0.6 is 11.3 Å². The summed E-state index contributed by atoms with van der Waals surface area (Å²) in [4.78, 5) is 43.9. The van der Waals surface area contributed by atoms with Crippen molar-refractivity contribution in [3.63, 3.8) is 0 Å². The number of pyridine rings is 1. The number of aryl methyl sites for hydroxylation is 2. The normalized spacial score (nSPS) is 18.7. The Hall–Kier alpha value is -2.84. The molecule has 0 bridgehead atoms. The van der Waals surface area contributed by atoms with Gasteiger partial charge in [0.25, 0.3) is 11.5 Å². The third kappa shape index (κ3) is 3.89. The zero-order valence-electron chi connectivity index (χ0n) is 18.4. The fourth-order valence-electron chi connectivity index (χ4n) is 4.72. The standard InChI is InChI=1S/C24H27N5O2S/c1-15-8-12-32-21(15)14-28-11-7-19-18(13-28)23(30)27-22(26-19)20-6-4-10-29(20)24(31)17-5-3-9-25-16(17)2/h3,5,8-9,12,20H,4,6-7,10-11,13-14H2,1-2H3,(H,26,27,30)/t20-/m0/s1. The van der Waals surface area contributed by atoms with Crippen molar-refractivity contribution in [3.05, 3.63) is 78.9 Å². The number of likely N-dealkylation sites (tertiary alicyclic amines) is 1. The van der Waals surface area contributed by atoms with E-state index < -0.39 is 0 Å². The Balaban J connectivity index is 1.38. The maximum Gasteiger partial charge on any atom is 0.256 e. The van der Waals surface area contributed by atoms with E-state index in [-0.39, 0.29) is 17.5 Å². The Morgan fingerprint density at radius 1 is 1.28 bits per heavy atom. The summed E-state index contributed by atoms with van der Waals surface area (Å²) in [5.41, 5.74) is 4.19. The largest absolute Gasteiger partial charge is 0.328 e. The predicted molar refractivity (Wildman–Crippen MR) is 124 cm³/mol. The van der Waals surface area contributed by atoms with Crippen LogP contribution < -0.4 is 5.56 Å². The molecule has 1 fully saturated rings. The van der Waals surface area contributed by atoms with Crippen LogP contribution in [0, 0.1) is 13.8 Å². The first-order valence-electron chi connectivity index (χ1n) is 11.1. The van der Waals surface area contributed by atoms with Crippen molar-refractivity contribution in [2.75, 3.05) is 13.1 Å². The molecule has 32 heavy (non-hydrogen) atoms. The van der Waals surface area contributed by atoms with Gasteiger partial charge in [0.2, 0.25) is 0 Å². The maximum atomic E-state index is 13.2. The first kappa shape index (κ1) is 21.0. The van der Waals surface area contributed by atoms with Crippen molar-refractivity contribution in [1.29, 1.82) is 0 Å². The molecule has 0 unspecified atom stereocenters. The number of amides is 1. The van der Waals surface area contributed by atoms with E-state index in [1.54, 1.807) is 23.6 Å². The molecule has 1 atom stereocenters. The molecule has 5 rings (SSSR count). The molecule has 1 amide bonds. The molecular formula is C24H27N5O2S. The molecule has 1 N–H and O–H groups in total. The summed E-state index contributed by atoms with van der Waals surface area (Å²) in [5, 5.41) is 2.12. The Morgan fingerprint density at radius 3 is 2.94 bits per heavy atom.